The van der Waals surface area contributed by atoms with Crippen LogP contribution in [0.4, 0.5) is 0 Å². The molecule has 6 aliphatic rings. The molecule has 0 radical (unpaired) electrons. The molecule has 1 aliphatic heterocycles. The van der Waals surface area contributed by atoms with Gasteiger partial charge in [0.15, 0.2) is 0 Å². The highest BCUT2D eigenvalue weighted by Gasteiger charge is 2.65. The van der Waals surface area contributed by atoms with Crippen LogP contribution < -0.4 is 5.73 Å². The lowest BCUT2D eigenvalue weighted by Gasteiger charge is -2.64. The number of nitrogens with zero attached hydrogens (tertiary/aromatic N) is 1. The van der Waals surface area contributed by atoms with Crippen molar-refractivity contribution in [3.63, 3.8) is 0 Å². The normalized spacial score (nSPS) is 56.1. The van der Waals surface area contributed by atoms with E-state index in [1.165, 1.54) is 0 Å². The lowest BCUT2D eigenvalue weighted by Crippen LogP contribution is -2.69. The van der Waals surface area contributed by atoms with Crippen molar-refractivity contribution in [3.05, 3.63) is 0 Å². The minimum absolute atomic E-state index is 0.0687. The zero-order valence-electron chi connectivity index (χ0n) is 13.0. The van der Waals surface area contributed by atoms with Crippen LogP contribution in [0.2, 0.25) is 0 Å². The molecule has 0 aromatic carbocycles. The quantitative estimate of drug-likeness (QED) is 0.688. The Morgan fingerprint density at radius 2 is 1.82 bits per heavy atom. The van der Waals surface area contributed by atoms with Crippen molar-refractivity contribution < 1.29 is 15.0 Å². The van der Waals surface area contributed by atoms with Crippen LogP contribution in [0.3, 0.4) is 0 Å². The van der Waals surface area contributed by atoms with Crippen LogP contribution >= 0.6 is 0 Å². The van der Waals surface area contributed by atoms with Crippen LogP contribution in [0.5, 0.6) is 0 Å². The number of hydrogen-bond acceptors (Lipinski definition) is 4. The molecule has 0 aromatic heterocycles. The molecule has 6 rings (SSSR count). The maximum absolute atomic E-state index is 12.9. The first kappa shape index (κ1) is 13.8. The highest BCUT2D eigenvalue weighted by molar-refractivity contribution is 5.84. The Morgan fingerprint density at radius 3 is 2.32 bits per heavy atom. The molecule has 4 bridgehead atoms. The lowest BCUT2D eigenvalue weighted by molar-refractivity contribution is -0.234. The van der Waals surface area contributed by atoms with Gasteiger partial charge in [0.25, 0.3) is 0 Å². The fourth-order valence-corrected chi connectivity index (χ4v) is 6.87. The lowest BCUT2D eigenvalue weighted by atomic mass is 9.44. The number of carbonyl (C=O) groups excluding carboxylic acids is 1. The van der Waals surface area contributed by atoms with Gasteiger partial charge < -0.3 is 20.8 Å². The van der Waals surface area contributed by atoms with E-state index in [1.54, 1.807) is 0 Å². The van der Waals surface area contributed by atoms with E-state index in [2.05, 4.69) is 0 Å². The number of likely N-dealkylation sites (tertiary alicyclic amines) is 1. The number of aliphatic hydroxyl groups is 2. The predicted molar refractivity (Wildman–Crippen MR) is 79.7 cm³/mol. The highest BCUT2D eigenvalue weighted by Crippen LogP contribution is 2.64. The smallest absolute Gasteiger partial charge is 0.240 e. The van der Waals surface area contributed by atoms with Gasteiger partial charge in [0.1, 0.15) is 0 Å². The molecule has 1 heterocycles. The van der Waals surface area contributed by atoms with E-state index in [4.69, 9.17) is 5.73 Å². The third-order valence-corrected chi connectivity index (χ3v) is 7.29. The van der Waals surface area contributed by atoms with E-state index in [0.29, 0.717) is 37.1 Å². The largest absolute Gasteiger partial charge is 0.390 e. The Labute approximate surface area is 130 Å². The predicted octanol–water partition coefficient (Wildman–Crippen LogP) is 0.381. The molecule has 5 aliphatic carbocycles. The molecule has 1 saturated heterocycles. The summed E-state index contributed by atoms with van der Waals surface area (Å²) in [5.74, 6) is 1.09. The molecule has 6 fully saturated rings. The van der Waals surface area contributed by atoms with Gasteiger partial charge in [-0.2, -0.15) is 0 Å². The van der Waals surface area contributed by atoms with E-state index in [0.717, 1.165) is 38.6 Å². The maximum Gasteiger partial charge on any atom is 0.240 e. The number of carbonyl (C=O) groups is 1. The standard InChI is InChI=1S/C17H26N2O3/c18-13(14(20)19-2-1-11-3-12(11)19)15-4-10-5-16(21,7-15)9-17(22,6-10)8-15/h10-13,21-22H,1-9,18H2/t10?,11-,12+,13-,15?,16?,17?/m1/s1. The van der Waals surface area contributed by atoms with Gasteiger partial charge in [-0.05, 0) is 56.8 Å². The Kier molecular flexibility index (Phi) is 2.42. The van der Waals surface area contributed by atoms with Gasteiger partial charge in [-0.15, -0.1) is 0 Å². The fraction of sp³-hybridized carbons (Fsp3) is 0.941. The number of hydrogen-bond donors (Lipinski definition) is 3. The second-order valence-corrected chi connectivity index (χ2v) is 9.18. The molecule has 1 amide bonds. The van der Waals surface area contributed by atoms with Crippen molar-refractivity contribution in [2.75, 3.05) is 6.54 Å². The summed E-state index contributed by atoms with van der Waals surface area (Å²) in [6, 6.07) is -0.132. The minimum Gasteiger partial charge on any atom is -0.390 e. The average molecular weight is 306 g/mol. The maximum atomic E-state index is 12.9. The van der Waals surface area contributed by atoms with Gasteiger partial charge in [0, 0.05) is 24.4 Å². The van der Waals surface area contributed by atoms with Crippen LogP contribution in [0, 0.1) is 17.3 Å². The van der Waals surface area contributed by atoms with Crippen LogP contribution in [0.15, 0.2) is 0 Å². The Bertz CT molecular complexity index is 532. The first-order chi connectivity index (χ1) is 10.3. The Morgan fingerprint density at radius 1 is 1.14 bits per heavy atom. The fourth-order valence-electron chi connectivity index (χ4n) is 6.87. The van der Waals surface area contributed by atoms with Crippen molar-refractivity contribution in [1.29, 1.82) is 0 Å². The number of amides is 1. The third-order valence-electron chi connectivity index (χ3n) is 7.29. The summed E-state index contributed by atoms with van der Waals surface area (Å²) < 4.78 is 0. The monoisotopic (exact) mass is 306 g/mol. The van der Waals surface area contributed by atoms with Gasteiger partial charge in [-0.1, -0.05) is 0 Å². The van der Waals surface area contributed by atoms with E-state index in [-0.39, 0.29) is 5.91 Å². The molecule has 5 heteroatoms. The summed E-state index contributed by atoms with van der Waals surface area (Å²) >= 11 is 0. The van der Waals surface area contributed by atoms with Crippen LogP contribution in [0.1, 0.15) is 51.4 Å². The van der Waals surface area contributed by atoms with Crippen molar-refractivity contribution in [3.8, 4) is 0 Å². The van der Waals surface area contributed by atoms with Crippen molar-refractivity contribution >= 4 is 5.91 Å². The second kappa shape index (κ2) is 3.87. The Hall–Kier alpha value is -0.650. The van der Waals surface area contributed by atoms with E-state index in [1.807, 2.05) is 4.90 Å². The van der Waals surface area contributed by atoms with Crippen molar-refractivity contribution in [1.82, 2.24) is 4.90 Å². The minimum atomic E-state index is -0.806. The van der Waals surface area contributed by atoms with Crippen molar-refractivity contribution in [2.45, 2.75) is 74.7 Å². The molecule has 22 heavy (non-hydrogen) atoms. The zero-order valence-corrected chi connectivity index (χ0v) is 13.0. The van der Waals surface area contributed by atoms with Gasteiger partial charge in [0.2, 0.25) is 5.91 Å². The molecule has 5 nitrogen and oxygen atoms in total. The summed E-state index contributed by atoms with van der Waals surface area (Å²) in [4.78, 5) is 14.9. The zero-order chi connectivity index (χ0) is 15.3. The van der Waals surface area contributed by atoms with Gasteiger partial charge in [-0.25, -0.2) is 0 Å². The number of piperidine rings is 1. The highest BCUT2D eigenvalue weighted by atomic mass is 16.3. The molecular formula is C17H26N2O3. The third kappa shape index (κ3) is 1.73. The summed E-state index contributed by atoms with van der Waals surface area (Å²) in [5.41, 5.74) is 4.47. The molecule has 0 aromatic rings. The summed E-state index contributed by atoms with van der Waals surface area (Å²) in [6.07, 6.45) is 6.34. The van der Waals surface area contributed by atoms with E-state index >= 15 is 0 Å². The number of rotatable bonds is 2. The van der Waals surface area contributed by atoms with Gasteiger partial charge >= 0.3 is 0 Å². The molecule has 5 atom stereocenters. The number of fused-ring (bicyclic) bond motifs is 1. The summed E-state index contributed by atoms with van der Waals surface area (Å²) in [5, 5.41) is 21.7. The molecule has 5 saturated carbocycles. The molecule has 2 unspecified atom stereocenters. The summed E-state index contributed by atoms with van der Waals surface area (Å²) in [7, 11) is 0. The number of nitrogens with two attached hydrogens (primary N) is 1. The Balaban J connectivity index is 1.45. The first-order valence-corrected chi connectivity index (χ1v) is 8.82. The van der Waals surface area contributed by atoms with Crippen LogP contribution in [-0.4, -0.2) is 50.9 Å². The van der Waals surface area contributed by atoms with E-state index in [9.17, 15) is 15.0 Å². The van der Waals surface area contributed by atoms with Crippen molar-refractivity contribution in [2.24, 2.45) is 23.0 Å². The van der Waals surface area contributed by atoms with Crippen LogP contribution in [-0.2, 0) is 4.79 Å². The first-order valence-electron chi connectivity index (χ1n) is 8.82. The van der Waals surface area contributed by atoms with Gasteiger partial charge in [-0.3, -0.25) is 4.79 Å². The second-order valence-electron chi connectivity index (χ2n) is 9.18. The molecular weight excluding hydrogens is 280 g/mol. The topological polar surface area (TPSA) is 86.8 Å². The SMILES string of the molecule is N[C@H](C(=O)N1CC[C@@H]2C[C@@H]21)C12CC3CC(O)(CC(O)(C3)C1)C2. The van der Waals surface area contributed by atoms with Crippen LogP contribution in [0.25, 0.3) is 0 Å². The molecule has 0 spiro atoms. The van der Waals surface area contributed by atoms with Gasteiger partial charge in [0.05, 0.1) is 17.2 Å². The average Bonchev–Trinajstić information content (AvgIpc) is 3.04. The molecule has 122 valence electrons. The van der Waals surface area contributed by atoms with E-state index < -0.39 is 22.7 Å². The molecule has 4 N–H and O–H groups in total. The summed E-state index contributed by atoms with van der Waals surface area (Å²) in [6.45, 7) is 0.843.